The molecule has 0 aromatic heterocycles. The first kappa shape index (κ1) is 19.3. The number of hydrogen-bond acceptors (Lipinski definition) is 7. The van der Waals surface area contributed by atoms with E-state index in [1.165, 1.54) is 19.4 Å². The van der Waals surface area contributed by atoms with E-state index >= 15 is 0 Å². The van der Waals surface area contributed by atoms with Crippen molar-refractivity contribution in [1.29, 1.82) is 0 Å². The molecule has 0 atom stereocenters. The summed E-state index contributed by atoms with van der Waals surface area (Å²) in [5.41, 5.74) is 3.78. The number of ether oxygens (including phenoxy) is 2. The number of morpholine rings is 1. The first-order chi connectivity index (χ1) is 13.6. The van der Waals surface area contributed by atoms with E-state index in [0.29, 0.717) is 48.9 Å². The fourth-order valence-corrected chi connectivity index (χ4v) is 2.90. The van der Waals surface area contributed by atoms with Crippen LogP contribution in [0.5, 0.6) is 5.75 Å². The van der Waals surface area contributed by atoms with Gasteiger partial charge >= 0.3 is 0 Å². The average Bonchev–Trinajstić information content (AvgIpc) is 2.74. The summed E-state index contributed by atoms with van der Waals surface area (Å²) in [7, 11) is 1.48. The van der Waals surface area contributed by atoms with Crippen molar-refractivity contribution in [2.45, 2.75) is 0 Å². The molecule has 2 aromatic rings. The second kappa shape index (κ2) is 8.96. The normalized spacial score (nSPS) is 14.1. The number of amides is 1. The zero-order chi connectivity index (χ0) is 19.9. The number of benzene rings is 2. The van der Waals surface area contributed by atoms with Crippen LogP contribution in [0, 0.1) is 10.1 Å². The topological polar surface area (TPSA) is 106 Å². The van der Waals surface area contributed by atoms with Crippen LogP contribution < -0.4 is 15.1 Å². The van der Waals surface area contributed by atoms with Crippen LogP contribution in [-0.4, -0.2) is 50.5 Å². The summed E-state index contributed by atoms with van der Waals surface area (Å²) in [4.78, 5) is 25.2. The second-order valence-electron chi connectivity index (χ2n) is 6.00. The minimum atomic E-state index is -0.437. The zero-order valence-corrected chi connectivity index (χ0v) is 15.3. The van der Waals surface area contributed by atoms with Crippen LogP contribution in [0.25, 0.3) is 0 Å². The quantitative estimate of drug-likeness (QED) is 0.465. The van der Waals surface area contributed by atoms with Crippen molar-refractivity contribution in [3.8, 4) is 5.75 Å². The highest BCUT2D eigenvalue weighted by Gasteiger charge is 2.21. The molecule has 9 heteroatoms. The van der Waals surface area contributed by atoms with Crippen molar-refractivity contribution in [3.05, 3.63) is 63.7 Å². The van der Waals surface area contributed by atoms with Gasteiger partial charge in [-0.3, -0.25) is 14.9 Å². The molecule has 1 amide bonds. The number of nitro groups is 1. The number of carbonyl (C=O) groups excluding carboxylic acids is 1. The molecule has 28 heavy (non-hydrogen) atoms. The number of hydrogen-bond donors (Lipinski definition) is 1. The largest absolute Gasteiger partial charge is 0.496 e. The summed E-state index contributed by atoms with van der Waals surface area (Å²) in [6.45, 7) is 2.27. The van der Waals surface area contributed by atoms with Gasteiger partial charge in [0.1, 0.15) is 11.4 Å². The van der Waals surface area contributed by atoms with E-state index in [4.69, 9.17) is 9.47 Å². The molecule has 1 fully saturated rings. The number of anilines is 1. The predicted octanol–water partition coefficient (Wildman–Crippen LogP) is 2.20. The van der Waals surface area contributed by atoms with Crippen molar-refractivity contribution >= 4 is 23.5 Å². The van der Waals surface area contributed by atoms with Gasteiger partial charge in [0.05, 0.1) is 37.0 Å². The van der Waals surface area contributed by atoms with Crippen LogP contribution in [0.1, 0.15) is 15.9 Å². The molecule has 1 heterocycles. The number of para-hydroxylation sites is 1. The number of carbonyl (C=O) groups is 1. The fourth-order valence-electron chi connectivity index (χ4n) is 2.90. The van der Waals surface area contributed by atoms with Gasteiger partial charge in [0.2, 0.25) is 0 Å². The Morgan fingerprint density at radius 2 is 2.04 bits per heavy atom. The van der Waals surface area contributed by atoms with E-state index in [1.807, 2.05) is 4.90 Å². The summed E-state index contributed by atoms with van der Waals surface area (Å²) in [5, 5.41) is 15.4. The zero-order valence-electron chi connectivity index (χ0n) is 15.3. The van der Waals surface area contributed by atoms with Crippen LogP contribution in [0.4, 0.5) is 11.4 Å². The standard InChI is InChI=1S/C19H20N4O5/c1-27-18-5-3-2-4-15(18)19(24)21-20-13-14-6-7-16(17(12-14)23(25)26)22-8-10-28-11-9-22/h2-7,12-13H,8-11H2,1H3,(H,21,24)/b20-13-. The minimum Gasteiger partial charge on any atom is -0.496 e. The lowest BCUT2D eigenvalue weighted by molar-refractivity contribution is -0.384. The molecule has 0 aliphatic carbocycles. The molecule has 1 aliphatic rings. The number of nitrogens with one attached hydrogen (secondary N) is 1. The Kier molecular flexibility index (Phi) is 6.18. The Labute approximate surface area is 161 Å². The molecule has 9 nitrogen and oxygen atoms in total. The van der Waals surface area contributed by atoms with Gasteiger partial charge in [0, 0.05) is 24.7 Å². The molecule has 2 aromatic carbocycles. The maximum atomic E-state index is 12.2. The van der Waals surface area contributed by atoms with E-state index < -0.39 is 10.8 Å². The monoisotopic (exact) mass is 384 g/mol. The van der Waals surface area contributed by atoms with Gasteiger partial charge in [-0.05, 0) is 18.2 Å². The number of hydrazone groups is 1. The summed E-state index contributed by atoms with van der Waals surface area (Å²) in [6, 6.07) is 11.6. The van der Waals surface area contributed by atoms with Gasteiger partial charge in [-0.25, -0.2) is 5.43 Å². The average molecular weight is 384 g/mol. The second-order valence-corrected chi connectivity index (χ2v) is 6.00. The smallest absolute Gasteiger partial charge is 0.293 e. The molecule has 1 saturated heterocycles. The van der Waals surface area contributed by atoms with Crippen molar-refractivity contribution in [2.24, 2.45) is 5.10 Å². The van der Waals surface area contributed by atoms with E-state index in [0.717, 1.165) is 0 Å². The maximum absolute atomic E-state index is 12.2. The van der Waals surface area contributed by atoms with Crippen LogP contribution in [-0.2, 0) is 4.74 Å². The molecule has 0 radical (unpaired) electrons. The summed E-state index contributed by atoms with van der Waals surface area (Å²) < 4.78 is 10.4. The Morgan fingerprint density at radius 3 is 2.75 bits per heavy atom. The Hall–Kier alpha value is -3.46. The molecule has 0 saturated carbocycles. The molecule has 146 valence electrons. The lowest BCUT2D eigenvalue weighted by atomic mass is 10.1. The van der Waals surface area contributed by atoms with Crippen LogP contribution in [0.3, 0.4) is 0 Å². The van der Waals surface area contributed by atoms with Gasteiger partial charge in [-0.15, -0.1) is 0 Å². The molecule has 0 spiro atoms. The van der Waals surface area contributed by atoms with Crippen molar-refractivity contribution in [1.82, 2.24) is 5.43 Å². The SMILES string of the molecule is COc1ccccc1C(=O)N/N=C\c1ccc(N2CCOCC2)c([N+](=O)[O-])c1. The fraction of sp³-hybridized carbons (Fsp3) is 0.263. The molecule has 0 bridgehead atoms. The van der Waals surface area contributed by atoms with Gasteiger partial charge in [0.15, 0.2) is 0 Å². The number of methoxy groups -OCH3 is 1. The third kappa shape index (κ3) is 4.44. The number of nitrogens with zero attached hydrogens (tertiary/aromatic N) is 3. The maximum Gasteiger partial charge on any atom is 0.293 e. The highest BCUT2D eigenvalue weighted by molar-refractivity contribution is 5.97. The Bertz CT molecular complexity index is 894. The highest BCUT2D eigenvalue weighted by Crippen LogP contribution is 2.29. The summed E-state index contributed by atoms with van der Waals surface area (Å²) in [6.07, 6.45) is 1.36. The summed E-state index contributed by atoms with van der Waals surface area (Å²) >= 11 is 0. The van der Waals surface area contributed by atoms with Crippen LogP contribution in [0.15, 0.2) is 47.6 Å². The number of rotatable bonds is 6. The third-order valence-corrected chi connectivity index (χ3v) is 4.28. The lowest BCUT2D eigenvalue weighted by Gasteiger charge is -2.28. The third-order valence-electron chi connectivity index (χ3n) is 4.28. The van der Waals surface area contributed by atoms with Crippen molar-refractivity contribution in [2.75, 3.05) is 38.3 Å². The number of nitro benzene ring substituents is 1. The molecular weight excluding hydrogens is 364 g/mol. The molecule has 3 rings (SSSR count). The molecule has 1 N–H and O–H groups in total. The molecular formula is C19H20N4O5. The highest BCUT2D eigenvalue weighted by atomic mass is 16.6. The Balaban J connectivity index is 1.74. The van der Waals surface area contributed by atoms with Gasteiger partial charge < -0.3 is 14.4 Å². The lowest BCUT2D eigenvalue weighted by Crippen LogP contribution is -2.36. The van der Waals surface area contributed by atoms with E-state index in [-0.39, 0.29) is 5.69 Å². The van der Waals surface area contributed by atoms with E-state index in [2.05, 4.69) is 10.5 Å². The van der Waals surface area contributed by atoms with Crippen LogP contribution in [0.2, 0.25) is 0 Å². The van der Waals surface area contributed by atoms with E-state index in [1.54, 1.807) is 36.4 Å². The van der Waals surface area contributed by atoms with Crippen molar-refractivity contribution in [3.63, 3.8) is 0 Å². The van der Waals surface area contributed by atoms with Crippen molar-refractivity contribution < 1.29 is 19.2 Å². The molecule has 1 aliphatic heterocycles. The molecule has 0 unspecified atom stereocenters. The predicted molar refractivity (Wildman–Crippen MR) is 104 cm³/mol. The first-order valence-electron chi connectivity index (χ1n) is 8.67. The van der Waals surface area contributed by atoms with Crippen LogP contribution >= 0.6 is 0 Å². The van der Waals surface area contributed by atoms with Gasteiger partial charge in [0.25, 0.3) is 11.6 Å². The van der Waals surface area contributed by atoms with Gasteiger partial charge in [-0.2, -0.15) is 5.10 Å². The minimum absolute atomic E-state index is 0.0121. The Morgan fingerprint density at radius 1 is 1.29 bits per heavy atom. The first-order valence-corrected chi connectivity index (χ1v) is 8.67. The van der Waals surface area contributed by atoms with E-state index in [9.17, 15) is 14.9 Å². The summed E-state index contributed by atoms with van der Waals surface area (Å²) in [5.74, 6) is -0.00571. The van der Waals surface area contributed by atoms with Gasteiger partial charge in [-0.1, -0.05) is 18.2 Å².